The van der Waals surface area contributed by atoms with Crippen molar-refractivity contribution in [3.8, 4) is 0 Å². The molecule has 0 aromatic rings. The van der Waals surface area contributed by atoms with E-state index in [0.717, 1.165) is 38.5 Å². The number of nitrogens with zero attached hydrogens (tertiary/aromatic N) is 1. The first-order valence-corrected chi connectivity index (χ1v) is 13.2. The predicted octanol–water partition coefficient (Wildman–Crippen LogP) is 1.75. The molecule has 10 nitrogen and oxygen atoms in total. The predicted molar refractivity (Wildman–Crippen MR) is 133 cm³/mol. The summed E-state index contributed by atoms with van der Waals surface area (Å²) in [5.74, 6) is -0.459. The molecule has 3 rings (SSSR count). The van der Waals surface area contributed by atoms with Crippen LogP contribution >= 0.6 is 0 Å². The highest BCUT2D eigenvalue weighted by Crippen LogP contribution is 2.40. The van der Waals surface area contributed by atoms with Gasteiger partial charge in [-0.05, 0) is 65.2 Å². The van der Waals surface area contributed by atoms with E-state index in [0.29, 0.717) is 24.8 Å². The average Bonchev–Trinajstić information content (AvgIpc) is 3.69. The van der Waals surface area contributed by atoms with E-state index in [1.165, 1.54) is 4.90 Å². The van der Waals surface area contributed by atoms with Crippen molar-refractivity contribution < 1.29 is 29.0 Å². The van der Waals surface area contributed by atoms with Crippen molar-refractivity contribution in [1.82, 2.24) is 15.5 Å². The molecule has 3 aliphatic rings. The Bertz CT molecular complexity index is 850. The summed E-state index contributed by atoms with van der Waals surface area (Å²) in [6.07, 6.45) is 9.67. The van der Waals surface area contributed by atoms with Crippen molar-refractivity contribution in [3.05, 3.63) is 12.2 Å². The number of primary amides is 1. The van der Waals surface area contributed by atoms with Gasteiger partial charge < -0.3 is 31.1 Å². The molecule has 0 aromatic carbocycles. The van der Waals surface area contributed by atoms with Gasteiger partial charge in [-0.3, -0.25) is 14.4 Å². The molecule has 10 heteroatoms. The largest absolute Gasteiger partial charge is 0.444 e. The van der Waals surface area contributed by atoms with Crippen LogP contribution in [0.15, 0.2) is 12.2 Å². The van der Waals surface area contributed by atoms with Gasteiger partial charge in [0.05, 0.1) is 6.10 Å². The zero-order valence-electron chi connectivity index (χ0n) is 21.7. The van der Waals surface area contributed by atoms with Gasteiger partial charge in [-0.15, -0.1) is 0 Å². The molecule has 0 unspecified atom stereocenters. The van der Waals surface area contributed by atoms with Gasteiger partial charge in [-0.1, -0.05) is 25.0 Å². The van der Waals surface area contributed by atoms with Gasteiger partial charge in [-0.2, -0.15) is 0 Å². The Balaban J connectivity index is 1.43. The van der Waals surface area contributed by atoms with Crippen LogP contribution in [-0.4, -0.2) is 70.2 Å². The summed E-state index contributed by atoms with van der Waals surface area (Å²) in [5.41, 5.74) is 4.71. The van der Waals surface area contributed by atoms with Crippen molar-refractivity contribution in [2.24, 2.45) is 17.6 Å². The van der Waals surface area contributed by atoms with E-state index in [1.807, 2.05) is 0 Å². The maximum Gasteiger partial charge on any atom is 0.408 e. The molecule has 1 aliphatic heterocycles. The number of nitrogens with two attached hydrogens (primary N) is 1. The zero-order valence-corrected chi connectivity index (χ0v) is 21.7. The molecule has 5 atom stereocenters. The normalized spacial score (nSPS) is 26.5. The van der Waals surface area contributed by atoms with Gasteiger partial charge in [-0.25, -0.2) is 4.79 Å². The molecule has 0 spiro atoms. The summed E-state index contributed by atoms with van der Waals surface area (Å²) in [6, 6.07) is -1.36. The van der Waals surface area contributed by atoms with Crippen molar-refractivity contribution in [2.45, 2.75) is 108 Å². The number of amides is 4. The summed E-state index contributed by atoms with van der Waals surface area (Å²) < 4.78 is 5.31. The van der Waals surface area contributed by atoms with Crippen LogP contribution in [0.3, 0.4) is 0 Å². The summed E-state index contributed by atoms with van der Waals surface area (Å²) in [4.78, 5) is 50.7. The molecule has 36 heavy (non-hydrogen) atoms. The Morgan fingerprint density at radius 2 is 1.86 bits per heavy atom. The molecule has 0 aromatic heterocycles. The topological polar surface area (TPSA) is 151 Å². The first kappa shape index (κ1) is 28.0. The highest BCUT2D eigenvalue weighted by Gasteiger charge is 2.43. The summed E-state index contributed by atoms with van der Waals surface area (Å²) in [6.45, 7) is 5.21. The summed E-state index contributed by atoms with van der Waals surface area (Å²) in [7, 11) is 0. The van der Waals surface area contributed by atoms with E-state index >= 15 is 0 Å². The number of aliphatic hydroxyl groups is 1. The second kappa shape index (κ2) is 12.1. The number of nitrogens with one attached hydrogen (secondary N) is 2. The molecule has 2 aliphatic carbocycles. The van der Waals surface area contributed by atoms with Crippen LogP contribution in [0.5, 0.6) is 0 Å². The molecule has 4 amide bonds. The molecular formula is C26H42N4O6. The average molecular weight is 507 g/mol. The van der Waals surface area contributed by atoms with Gasteiger partial charge in [0.2, 0.25) is 17.7 Å². The van der Waals surface area contributed by atoms with Crippen LogP contribution in [0.25, 0.3) is 0 Å². The molecule has 3 fully saturated rings. The molecular weight excluding hydrogens is 464 g/mol. The van der Waals surface area contributed by atoms with Crippen LogP contribution in [0.4, 0.5) is 4.79 Å². The number of allylic oxidation sites excluding steroid dienone is 2. The van der Waals surface area contributed by atoms with Gasteiger partial charge in [0, 0.05) is 24.9 Å². The molecule has 0 radical (unpaired) electrons. The lowest BCUT2D eigenvalue weighted by Crippen LogP contribution is -2.53. The lowest BCUT2D eigenvalue weighted by Gasteiger charge is -2.28. The lowest BCUT2D eigenvalue weighted by molar-refractivity contribution is -0.139. The number of likely N-dealkylation sites (tertiary alicyclic amines) is 1. The third-order valence-corrected chi connectivity index (χ3v) is 6.73. The zero-order chi connectivity index (χ0) is 26.5. The van der Waals surface area contributed by atoms with E-state index < -0.39 is 41.7 Å². The summed E-state index contributed by atoms with van der Waals surface area (Å²) in [5, 5.41) is 15.7. The number of alkyl carbamates (subject to hydrolysis) is 1. The number of carbonyl (C=O) groups is 4. The number of hydrogen-bond acceptors (Lipinski definition) is 6. The number of unbranched alkanes of at least 4 members (excludes halogenated alkanes) is 3. The van der Waals surface area contributed by atoms with Crippen LogP contribution in [0.2, 0.25) is 0 Å². The SMILES string of the molecule is CC(C)(C)OC(=O)N[C@@H](CCCCC/C=C\[C@@H]1C[C@@H]1C(=O)NC1CC1)C(=O)N1C[C@H](O)C[C@H]1C(N)=O. The smallest absolute Gasteiger partial charge is 0.408 e. The number of aliphatic hydroxyl groups excluding tert-OH is 1. The van der Waals surface area contributed by atoms with Crippen molar-refractivity contribution in [2.75, 3.05) is 6.54 Å². The van der Waals surface area contributed by atoms with Gasteiger partial charge in [0.15, 0.2) is 0 Å². The lowest BCUT2D eigenvalue weighted by atomic mass is 10.0. The number of rotatable bonds is 12. The first-order valence-electron chi connectivity index (χ1n) is 13.2. The molecule has 202 valence electrons. The summed E-state index contributed by atoms with van der Waals surface area (Å²) >= 11 is 0. The van der Waals surface area contributed by atoms with Gasteiger partial charge in [0.25, 0.3) is 0 Å². The van der Waals surface area contributed by atoms with Crippen LogP contribution in [-0.2, 0) is 19.1 Å². The fourth-order valence-corrected chi connectivity index (χ4v) is 4.56. The number of carbonyl (C=O) groups excluding carboxylic acids is 4. The Kier molecular flexibility index (Phi) is 9.38. The maximum absolute atomic E-state index is 13.2. The Morgan fingerprint density at radius 1 is 1.14 bits per heavy atom. The minimum Gasteiger partial charge on any atom is -0.444 e. The number of ether oxygens (including phenoxy) is 1. The Morgan fingerprint density at radius 3 is 2.50 bits per heavy atom. The van der Waals surface area contributed by atoms with E-state index in [4.69, 9.17) is 10.5 Å². The molecule has 5 N–H and O–H groups in total. The maximum atomic E-state index is 13.2. The Labute approximate surface area is 213 Å². The van der Waals surface area contributed by atoms with E-state index in [2.05, 4.69) is 22.8 Å². The molecule has 2 saturated carbocycles. The minimum atomic E-state index is -0.891. The number of hydrogen-bond donors (Lipinski definition) is 4. The fourth-order valence-electron chi connectivity index (χ4n) is 4.56. The van der Waals surface area contributed by atoms with E-state index in [1.54, 1.807) is 20.8 Å². The van der Waals surface area contributed by atoms with Gasteiger partial charge in [0.1, 0.15) is 17.7 Å². The van der Waals surface area contributed by atoms with Crippen LogP contribution in [0.1, 0.15) is 78.6 Å². The van der Waals surface area contributed by atoms with Crippen LogP contribution in [0, 0.1) is 11.8 Å². The fraction of sp³-hybridized carbons (Fsp3) is 0.769. The number of β-amino-alcohol motifs (C(OH)–C–C–N with tert-alkyl or cyclic N) is 1. The highest BCUT2D eigenvalue weighted by atomic mass is 16.6. The monoisotopic (exact) mass is 506 g/mol. The second-order valence-corrected chi connectivity index (χ2v) is 11.4. The second-order valence-electron chi connectivity index (χ2n) is 11.4. The minimum absolute atomic E-state index is 0.00454. The highest BCUT2D eigenvalue weighted by molar-refractivity contribution is 5.91. The van der Waals surface area contributed by atoms with Crippen LogP contribution < -0.4 is 16.4 Å². The van der Waals surface area contributed by atoms with Crippen molar-refractivity contribution in [3.63, 3.8) is 0 Å². The first-order chi connectivity index (χ1) is 16.9. The van der Waals surface area contributed by atoms with Crippen molar-refractivity contribution >= 4 is 23.8 Å². The standard InChI is InChI=1S/C26H42N4O6/c1-26(2,3)36-25(35)29-20(24(34)30-15-18(31)14-21(30)22(27)32)10-8-6-4-5-7-9-16-13-19(16)23(33)28-17-11-12-17/h7,9,16-21,31H,4-6,8,10-15H2,1-3H3,(H2,27,32)(H,28,33)(H,29,35)/b9-7-/t16-,18-,19+,20+,21+/m1/s1. The molecule has 1 heterocycles. The molecule has 0 bridgehead atoms. The third-order valence-electron chi connectivity index (χ3n) is 6.73. The van der Waals surface area contributed by atoms with E-state index in [-0.39, 0.29) is 24.8 Å². The quantitative estimate of drug-likeness (QED) is 0.234. The van der Waals surface area contributed by atoms with E-state index in [9.17, 15) is 24.3 Å². The Hall–Kier alpha value is -2.62. The molecule has 1 saturated heterocycles. The van der Waals surface area contributed by atoms with Gasteiger partial charge >= 0.3 is 6.09 Å². The van der Waals surface area contributed by atoms with Crippen molar-refractivity contribution in [1.29, 1.82) is 0 Å². The third kappa shape index (κ3) is 8.80.